The van der Waals surface area contributed by atoms with Crippen LogP contribution in [0.4, 0.5) is 5.69 Å². The maximum Gasteiger partial charge on any atom is 0.335 e. The zero-order valence-electron chi connectivity index (χ0n) is 11.5. The highest BCUT2D eigenvalue weighted by Crippen LogP contribution is 2.20. The van der Waals surface area contributed by atoms with E-state index in [9.17, 15) is 18.0 Å². The molecule has 0 bridgehead atoms. The maximum absolute atomic E-state index is 11.7. The van der Waals surface area contributed by atoms with Crippen LogP contribution in [0.3, 0.4) is 0 Å². The predicted molar refractivity (Wildman–Crippen MR) is 74.6 cm³/mol. The lowest BCUT2D eigenvalue weighted by atomic mass is 10.1. The van der Waals surface area contributed by atoms with E-state index in [2.05, 4.69) is 5.32 Å². The second-order valence-corrected chi connectivity index (χ2v) is 6.99. The van der Waals surface area contributed by atoms with E-state index in [0.717, 1.165) is 12.3 Å². The summed E-state index contributed by atoms with van der Waals surface area (Å²) in [5.74, 6) is -1.40. The Bertz CT molecular complexity index is 634. The zero-order chi connectivity index (χ0) is 15.5. The van der Waals surface area contributed by atoms with Crippen LogP contribution in [0.5, 0.6) is 0 Å². The van der Waals surface area contributed by atoms with E-state index in [1.165, 1.54) is 12.1 Å². The van der Waals surface area contributed by atoms with Crippen LogP contribution < -0.4 is 5.32 Å². The van der Waals surface area contributed by atoms with E-state index in [1.54, 1.807) is 0 Å². The van der Waals surface area contributed by atoms with Crippen molar-refractivity contribution in [3.63, 3.8) is 0 Å². The van der Waals surface area contributed by atoms with E-state index in [-0.39, 0.29) is 34.4 Å². The summed E-state index contributed by atoms with van der Waals surface area (Å²) < 4.78 is 23.0. The lowest BCUT2D eigenvalue weighted by Gasteiger charge is -2.09. The van der Waals surface area contributed by atoms with Gasteiger partial charge in [-0.15, -0.1) is 0 Å². The van der Waals surface area contributed by atoms with Crippen molar-refractivity contribution in [2.75, 3.05) is 11.6 Å². The number of rotatable bonds is 5. The molecule has 0 aliphatic rings. The minimum Gasteiger partial charge on any atom is -0.478 e. The summed E-state index contributed by atoms with van der Waals surface area (Å²) in [7, 11) is -3.55. The summed E-state index contributed by atoms with van der Waals surface area (Å²) >= 11 is 0. The van der Waals surface area contributed by atoms with Gasteiger partial charge in [0.25, 0.3) is 0 Å². The zero-order valence-corrected chi connectivity index (χ0v) is 12.3. The number of amides is 1. The lowest BCUT2D eigenvalue weighted by molar-refractivity contribution is -0.116. The lowest BCUT2D eigenvalue weighted by Crippen LogP contribution is -2.15. The first-order valence-electron chi connectivity index (χ1n) is 5.98. The Labute approximate surface area is 117 Å². The first-order valence-corrected chi connectivity index (χ1v) is 7.87. The van der Waals surface area contributed by atoms with Crippen molar-refractivity contribution >= 4 is 27.4 Å². The molecule has 0 aliphatic heterocycles. The summed E-state index contributed by atoms with van der Waals surface area (Å²) in [4.78, 5) is 22.5. The van der Waals surface area contributed by atoms with Crippen LogP contribution in [0.2, 0.25) is 0 Å². The monoisotopic (exact) mass is 299 g/mol. The van der Waals surface area contributed by atoms with Crippen LogP contribution in [-0.4, -0.2) is 31.7 Å². The number of aromatic carboxylic acids is 1. The first kappa shape index (κ1) is 16.2. The average Bonchev–Trinajstić information content (AvgIpc) is 2.25. The number of carbonyl (C=O) groups excluding carboxylic acids is 1. The molecular formula is C13H17NO5S. The van der Waals surface area contributed by atoms with Crippen LogP contribution in [0.1, 0.15) is 30.6 Å². The van der Waals surface area contributed by atoms with Gasteiger partial charge in [-0.3, -0.25) is 4.79 Å². The molecule has 1 rings (SSSR count). The fourth-order valence-corrected chi connectivity index (χ4v) is 2.27. The number of sulfone groups is 1. The largest absolute Gasteiger partial charge is 0.478 e. The molecule has 0 fully saturated rings. The second-order valence-electron chi connectivity index (χ2n) is 4.97. The quantitative estimate of drug-likeness (QED) is 0.863. The Kier molecular flexibility index (Phi) is 4.88. The number of anilines is 1. The van der Waals surface area contributed by atoms with E-state index in [0.29, 0.717) is 0 Å². The standard InChI is InChI=1S/C13H17NO5S/c1-8(2)4-12(15)14-10-5-9(13(16)17)6-11(7-10)20(3,18)19/h5-8H,4H2,1-3H3,(H,14,15)(H,16,17). The molecule has 0 unspecified atom stereocenters. The van der Waals surface area contributed by atoms with Gasteiger partial charge in [-0.05, 0) is 24.1 Å². The van der Waals surface area contributed by atoms with Gasteiger partial charge < -0.3 is 10.4 Å². The normalized spacial score (nSPS) is 11.4. The number of hydrogen-bond donors (Lipinski definition) is 2. The Balaban J connectivity index is 3.17. The number of carboxylic acids is 1. The molecule has 1 aromatic carbocycles. The van der Waals surface area contributed by atoms with Gasteiger partial charge in [0.05, 0.1) is 10.5 Å². The highest BCUT2D eigenvalue weighted by molar-refractivity contribution is 7.90. The third kappa shape index (κ3) is 4.65. The number of carboxylic acid groups (broad SMARTS) is 1. The summed E-state index contributed by atoms with van der Waals surface area (Å²) in [6.45, 7) is 3.74. The van der Waals surface area contributed by atoms with Gasteiger partial charge in [0.2, 0.25) is 5.91 Å². The van der Waals surface area contributed by atoms with Gasteiger partial charge in [-0.25, -0.2) is 13.2 Å². The van der Waals surface area contributed by atoms with Crippen molar-refractivity contribution in [3.05, 3.63) is 23.8 Å². The molecule has 7 heteroatoms. The van der Waals surface area contributed by atoms with Crippen molar-refractivity contribution in [3.8, 4) is 0 Å². The van der Waals surface area contributed by atoms with Gasteiger partial charge in [0.1, 0.15) is 0 Å². The summed E-state index contributed by atoms with van der Waals surface area (Å²) in [6.07, 6.45) is 1.25. The number of hydrogen-bond acceptors (Lipinski definition) is 4. The van der Waals surface area contributed by atoms with Gasteiger partial charge in [-0.2, -0.15) is 0 Å². The molecule has 1 aromatic rings. The SMILES string of the molecule is CC(C)CC(=O)Nc1cc(C(=O)O)cc(S(C)(=O)=O)c1. The van der Waals surface area contributed by atoms with Crippen molar-refractivity contribution in [2.45, 2.75) is 25.2 Å². The van der Waals surface area contributed by atoms with Gasteiger partial charge >= 0.3 is 5.97 Å². The molecule has 20 heavy (non-hydrogen) atoms. The van der Waals surface area contributed by atoms with Crippen molar-refractivity contribution in [1.82, 2.24) is 0 Å². The van der Waals surface area contributed by atoms with Crippen LogP contribution >= 0.6 is 0 Å². The molecule has 110 valence electrons. The topological polar surface area (TPSA) is 101 Å². The molecule has 0 atom stereocenters. The van der Waals surface area contributed by atoms with Crippen LogP contribution in [0.25, 0.3) is 0 Å². The van der Waals surface area contributed by atoms with Crippen molar-refractivity contribution in [1.29, 1.82) is 0 Å². The average molecular weight is 299 g/mol. The predicted octanol–water partition coefficient (Wildman–Crippen LogP) is 1.77. The summed E-state index contributed by atoms with van der Waals surface area (Å²) in [6, 6.07) is 3.55. The smallest absolute Gasteiger partial charge is 0.335 e. The van der Waals surface area contributed by atoms with E-state index in [4.69, 9.17) is 5.11 Å². The van der Waals surface area contributed by atoms with Gasteiger partial charge in [-0.1, -0.05) is 13.8 Å². The van der Waals surface area contributed by atoms with Crippen LogP contribution in [0.15, 0.2) is 23.1 Å². The first-order chi connectivity index (χ1) is 9.09. The van der Waals surface area contributed by atoms with E-state index in [1.807, 2.05) is 13.8 Å². The highest BCUT2D eigenvalue weighted by atomic mass is 32.2. The van der Waals surface area contributed by atoms with Crippen LogP contribution in [0, 0.1) is 5.92 Å². The Hall–Kier alpha value is -1.89. The Morgan fingerprint density at radius 3 is 2.30 bits per heavy atom. The molecule has 0 aromatic heterocycles. The molecule has 0 aliphatic carbocycles. The van der Waals surface area contributed by atoms with E-state index < -0.39 is 15.8 Å². The fourth-order valence-electron chi connectivity index (χ4n) is 1.59. The van der Waals surface area contributed by atoms with Crippen molar-refractivity contribution < 1.29 is 23.1 Å². The molecule has 0 saturated carbocycles. The van der Waals surface area contributed by atoms with Gasteiger partial charge in [0.15, 0.2) is 9.84 Å². The third-order valence-electron chi connectivity index (χ3n) is 2.46. The molecule has 6 nitrogen and oxygen atoms in total. The molecule has 0 spiro atoms. The third-order valence-corrected chi connectivity index (χ3v) is 3.55. The van der Waals surface area contributed by atoms with Gasteiger partial charge in [0, 0.05) is 18.4 Å². The summed E-state index contributed by atoms with van der Waals surface area (Å²) in [5, 5.41) is 11.5. The Morgan fingerprint density at radius 2 is 1.85 bits per heavy atom. The molecule has 2 N–H and O–H groups in total. The van der Waals surface area contributed by atoms with Crippen molar-refractivity contribution in [2.24, 2.45) is 5.92 Å². The highest BCUT2D eigenvalue weighted by Gasteiger charge is 2.15. The second kappa shape index (κ2) is 6.04. The summed E-state index contributed by atoms with van der Waals surface area (Å²) in [5.41, 5.74) is -0.0243. The molecule has 0 radical (unpaired) electrons. The van der Waals surface area contributed by atoms with E-state index >= 15 is 0 Å². The molecule has 0 heterocycles. The minimum absolute atomic E-state index is 0.141. The Morgan fingerprint density at radius 1 is 1.25 bits per heavy atom. The van der Waals surface area contributed by atoms with Crippen LogP contribution in [-0.2, 0) is 14.6 Å². The number of nitrogens with one attached hydrogen (secondary N) is 1. The maximum atomic E-state index is 11.7. The number of carbonyl (C=O) groups is 2. The fraction of sp³-hybridized carbons (Fsp3) is 0.385. The molecule has 0 saturated heterocycles. The minimum atomic E-state index is -3.55. The molecular weight excluding hydrogens is 282 g/mol. The molecule has 1 amide bonds. The number of benzene rings is 1.